The van der Waals surface area contributed by atoms with E-state index in [0.29, 0.717) is 0 Å². The van der Waals surface area contributed by atoms with Crippen LogP contribution < -0.4 is 17.4 Å². The van der Waals surface area contributed by atoms with Crippen molar-refractivity contribution in [3.63, 3.8) is 0 Å². The van der Waals surface area contributed by atoms with Crippen LogP contribution in [0.15, 0.2) is 30.6 Å². The highest BCUT2D eigenvalue weighted by atomic mass is 35.6. The van der Waals surface area contributed by atoms with Gasteiger partial charge in [-0.25, -0.2) is 4.98 Å². The van der Waals surface area contributed by atoms with Crippen LogP contribution in [-0.2, 0) is 0 Å². The van der Waals surface area contributed by atoms with Crippen LogP contribution in [0.4, 0.5) is 0 Å². The van der Waals surface area contributed by atoms with Crippen LogP contribution in [0.5, 0.6) is 0 Å². The molecule has 0 aromatic carbocycles. The Bertz CT molecular complexity index is 115. The van der Waals surface area contributed by atoms with Gasteiger partial charge in [0.05, 0.1) is 0 Å². The average molecular weight is 235 g/mol. The second-order valence-electron chi connectivity index (χ2n) is 1.32. The van der Waals surface area contributed by atoms with E-state index in [4.69, 9.17) is 34.8 Å². The molecule has 0 radical (unpaired) electrons. The molecule has 0 saturated heterocycles. The molecule has 0 amide bonds. The number of nitrogens with one attached hydrogen (secondary N) is 1. The van der Waals surface area contributed by atoms with E-state index in [1.54, 1.807) is 0 Å². The second-order valence-corrected chi connectivity index (χ2v) is 3.30. The first-order valence-corrected chi connectivity index (χ1v) is 3.87. The van der Waals surface area contributed by atoms with Gasteiger partial charge in [-0.1, -0.05) is 40.9 Å². The Hall–Kier alpha value is 0.310. The van der Waals surface area contributed by atoms with Gasteiger partial charge in [-0.3, -0.25) is 0 Å². The molecule has 64 valence electrons. The summed E-state index contributed by atoms with van der Waals surface area (Å²) in [5.74, 6) is 0. The maximum atomic E-state index is 4.81. The number of aromatic nitrogens is 1. The van der Waals surface area contributed by atoms with Crippen LogP contribution >= 0.6 is 34.8 Å². The van der Waals surface area contributed by atoms with E-state index < -0.39 is 4.30 Å². The second kappa shape index (κ2) is 10.3. The quantitative estimate of drug-likeness (QED) is 0.538. The Kier molecular flexibility index (Phi) is 13.0. The number of aromatic amines is 1. The Morgan fingerprint density at radius 1 is 0.909 bits per heavy atom. The molecule has 1 nitrogen and oxygen atoms in total. The lowest BCUT2D eigenvalue weighted by atomic mass is 10.5. The molecular weight excluding hydrogens is 228 g/mol. The average Bonchev–Trinajstić information content (AvgIpc) is 1.90. The number of pyridine rings is 1. The predicted molar refractivity (Wildman–Crippen MR) is 44.3 cm³/mol. The van der Waals surface area contributed by atoms with E-state index in [2.05, 4.69) is 4.98 Å². The maximum absolute atomic E-state index is 4.81. The predicted octanol–water partition coefficient (Wildman–Crippen LogP) is -0.509. The summed E-state index contributed by atoms with van der Waals surface area (Å²) in [4.78, 5) is 2.89. The fourth-order valence-corrected chi connectivity index (χ4v) is 0.342. The standard InChI is InChI=1S/C5H5N.CHCl3.ClH/c1-2-4-6-5-3-1;2-1(3)4;/h1-5H;1H;1H. The van der Waals surface area contributed by atoms with Gasteiger partial charge >= 0.3 is 0 Å². The minimum absolute atomic E-state index is 0. The van der Waals surface area contributed by atoms with Gasteiger partial charge in [0.25, 0.3) is 0 Å². The summed E-state index contributed by atoms with van der Waals surface area (Å²) < 4.78 is -0.750. The number of halogens is 4. The van der Waals surface area contributed by atoms with Crippen LogP contribution in [0.2, 0.25) is 0 Å². The Balaban J connectivity index is 0. The summed E-state index contributed by atoms with van der Waals surface area (Å²) in [6.07, 6.45) is 3.75. The third-order valence-corrected chi connectivity index (χ3v) is 0.607. The van der Waals surface area contributed by atoms with E-state index >= 15 is 0 Å². The molecule has 0 fully saturated rings. The van der Waals surface area contributed by atoms with Gasteiger partial charge in [0.1, 0.15) is 0 Å². The van der Waals surface area contributed by atoms with Crippen molar-refractivity contribution in [2.75, 3.05) is 0 Å². The smallest absolute Gasteiger partial charge is 0.180 e. The largest absolute Gasteiger partial charge is 1.00 e. The molecule has 1 heterocycles. The summed E-state index contributed by atoms with van der Waals surface area (Å²) in [5, 5.41) is 0. The van der Waals surface area contributed by atoms with Crippen LogP contribution in [0.3, 0.4) is 0 Å². The number of hydrogen-bond donors (Lipinski definition) is 0. The van der Waals surface area contributed by atoms with Crippen LogP contribution in [0.1, 0.15) is 0 Å². The fourth-order valence-electron chi connectivity index (χ4n) is 0.342. The fraction of sp³-hybridized carbons (Fsp3) is 0.167. The molecule has 11 heavy (non-hydrogen) atoms. The first kappa shape index (κ1) is 13.9. The monoisotopic (exact) mass is 233 g/mol. The van der Waals surface area contributed by atoms with E-state index in [0.717, 1.165) is 0 Å². The molecule has 0 aliphatic heterocycles. The van der Waals surface area contributed by atoms with Gasteiger partial charge < -0.3 is 12.4 Å². The third kappa shape index (κ3) is 17.9. The lowest BCUT2D eigenvalue weighted by Gasteiger charge is -1.69. The van der Waals surface area contributed by atoms with Crippen LogP contribution in [0.25, 0.3) is 0 Å². The Morgan fingerprint density at radius 3 is 1.36 bits per heavy atom. The van der Waals surface area contributed by atoms with Crippen molar-refractivity contribution in [2.24, 2.45) is 0 Å². The molecule has 5 heteroatoms. The molecule has 0 aliphatic rings. The zero-order chi connectivity index (χ0) is 7.82. The highest BCUT2D eigenvalue weighted by Gasteiger charge is 1.78. The number of H-pyrrole nitrogens is 1. The molecule has 0 aliphatic carbocycles. The van der Waals surface area contributed by atoms with Gasteiger partial charge in [-0.05, 0) is 0 Å². The Morgan fingerprint density at radius 2 is 1.27 bits per heavy atom. The molecule has 1 N–H and O–H groups in total. The Labute approximate surface area is 87.1 Å². The van der Waals surface area contributed by atoms with Crippen LogP contribution in [-0.4, -0.2) is 4.30 Å². The van der Waals surface area contributed by atoms with E-state index in [9.17, 15) is 0 Å². The van der Waals surface area contributed by atoms with Crippen molar-refractivity contribution < 1.29 is 17.4 Å². The summed E-state index contributed by atoms with van der Waals surface area (Å²) in [7, 11) is 0. The summed E-state index contributed by atoms with van der Waals surface area (Å²) in [5.41, 5.74) is 0. The molecule has 1 aromatic rings. The number of hydrogen-bond acceptors (Lipinski definition) is 0. The maximum Gasteiger partial charge on any atom is 0.180 e. The molecule has 1 rings (SSSR count). The van der Waals surface area contributed by atoms with Gasteiger partial charge in [0.2, 0.25) is 0 Å². The molecule has 1 aromatic heterocycles. The van der Waals surface area contributed by atoms with Crippen molar-refractivity contribution in [2.45, 2.75) is 4.30 Å². The minimum Gasteiger partial charge on any atom is -1.00 e. The van der Waals surface area contributed by atoms with Crippen molar-refractivity contribution in [1.29, 1.82) is 0 Å². The molecule has 0 spiro atoms. The summed E-state index contributed by atoms with van der Waals surface area (Å²) >= 11 is 14.4. The van der Waals surface area contributed by atoms with E-state index in [1.165, 1.54) is 0 Å². The van der Waals surface area contributed by atoms with Crippen LogP contribution in [0, 0.1) is 0 Å². The molecule has 0 unspecified atom stereocenters. The van der Waals surface area contributed by atoms with Gasteiger partial charge in [-0.15, -0.1) is 0 Å². The summed E-state index contributed by atoms with van der Waals surface area (Å²) in [6, 6.07) is 5.86. The van der Waals surface area contributed by atoms with Gasteiger partial charge in [0, 0.05) is 12.1 Å². The molecular formula is C6H7Cl4N. The number of rotatable bonds is 0. The lowest BCUT2D eigenvalue weighted by molar-refractivity contribution is -0.377. The van der Waals surface area contributed by atoms with Crippen molar-refractivity contribution in [3.05, 3.63) is 30.6 Å². The SMILES string of the molecule is ClC(Cl)Cl.[Cl-].c1cc[nH+]cc1. The summed E-state index contributed by atoms with van der Waals surface area (Å²) in [6.45, 7) is 0. The molecule has 0 saturated carbocycles. The molecule has 0 atom stereocenters. The van der Waals surface area contributed by atoms with Crippen molar-refractivity contribution in [1.82, 2.24) is 0 Å². The highest BCUT2D eigenvalue weighted by Crippen LogP contribution is 2.03. The zero-order valence-electron chi connectivity index (χ0n) is 5.48. The lowest BCUT2D eigenvalue weighted by Crippen LogP contribution is -3.00. The zero-order valence-corrected chi connectivity index (χ0v) is 8.50. The number of alkyl halides is 3. The third-order valence-electron chi connectivity index (χ3n) is 0.607. The van der Waals surface area contributed by atoms with E-state index in [-0.39, 0.29) is 12.4 Å². The van der Waals surface area contributed by atoms with E-state index in [1.807, 2.05) is 30.6 Å². The minimum atomic E-state index is -0.750. The van der Waals surface area contributed by atoms with Crippen molar-refractivity contribution >= 4 is 34.8 Å². The first-order valence-electron chi connectivity index (χ1n) is 2.57. The topological polar surface area (TPSA) is 14.1 Å². The van der Waals surface area contributed by atoms with Gasteiger partial charge in [0.15, 0.2) is 16.7 Å². The molecule has 0 bridgehead atoms. The first-order chi connectivity index (χ1) is 4.73. The van der Waals surface area contributed by atoms with Gasteiger partial charge in [-0.2, -0.15) is 0 Å². The van der Waals surface area contributed by atoms with Crippen molar-refractivity contribution in [3.8, 4) is 0 Å². The highest BCUT2D eigenvalue weighted by molar-refractivity contribution is 6.63. The normalized spacial score (nSPS) is 7.64.